The molecule has 0 unspecified atom stereocenters. The van der Waals surface area contributed by atoms with Gasteiger partial charge in [0.2, 0.25) is 5.91 Å². The van der Waals surface area contributed by atoms with Gasteiger partial charge in [-0.1, -0.05) is 6.42 Å². The van der Waals surface area contributed by atoms with E-state index in [0.29, 0.717) is 19.1 Å². The van der Waals surface area contributed by atoms with Gasteiger partial charge in [0, 0.05) is 31.3 Å². The molecule has 1 amide bonds. The van der Waals surface area contributed by atoms with Crippen molar-refractivity contribution in [1.82, 2.24) is 9.88 Å². The van der Waals surface area contributed by atoms with Gasteiger partial charge in [0.15, 0.2) is 0 Å². The molecule has 3 rings (SSSR count). The lowest BCUT2D eigenvalue weighted by molar-refractivity contribution is -0.135. The molecule has 1 saturated carbocycles. The highest BCUT2D eigenvalue weighted by Gasteiger charge is 2.51. The number of carbonyl (C=O) groups excluding carboxylic acids is 1. The van der Waals surface area contributed by atoms with Gasteiger partial charge >= 0.3 is 0 Å². The van der Waals surface area contributed by atoms with Gasteiger partial charge in [-0.3, -0.25) is 9.78 Å². The summed E-state index contributed by atoms with van der Waals surface area (Å²) in [5.41, 5.74) is 0.109. The van der Waals surface area contributed by atoms with Gasteiger partial charge in [-0.05, 0) is 37.8 Å². The van der Waals surface area contributed by atoms with Crippen LogP contribution in [0.25, 0.3) is 0 Å². The molecule has 1 aliphatic carbocycles. The molecule has 1 aromatic rings. The number of pyridine rings is 1. The summed E-state index contributed by atoms with van der Waals surface area (Å²) < 4.78 is 11.2. The van der Waals surface area contributed by atoms with E-state index in [1.165, 1.54) is 12.8 Å². The Morgan fingerprint density at radius 3 is 3.23 bits per heavy atom. The van der Waals surface area contributed by atoms with Crippen LogP contribution < -0.4 is 4.74 Å². The Hall–Kier alpha value is -1.62. The third kappa shape index (κ3) is 3.09. The van der Waals surface area contributed by atoms with E-state index in [-0.39, 0.29) is 17.9 Å². The van der Waals surface area contributed by atoms with Gasteiger partial charge in [-0.25, -0.2) is 0 Å². The van der Waals surface area contributed by atoms with Crippen molar-refractivity contribution < 1.29 is 14.3 Å². The summed E-state index contributed by atoms with van der Waals surface area (Å²) in [6.07, 6.45) is 7.04. The van der Waals surface area contributed by atoms with E-state index in [9.17, 15) is 4.79 Å². The maximum absolute atomic E-state index is 12.2. The van der Waals surface area contributed by atoms with Gasteiger partial charge in [0.1, 0.15) is 12.4 Å². The van der Waals surface area contributed by atoms with Crippen LogP contribution in [0.5, 0.6) is 5.75 Å². The Balaban J connectivity index is 1.62. The smallest absolute Gasteiger partial charge is 0.248 e. The Kier molecular flexibility index (Phi) is 4.62. The molecule has 0 aromatic carbocycles. The van der Waals surface area contributed by atoms with Crippen molar-refractivity contribution in [2.75, 3.05) is 32.9 Å². The zero-order valence-corrected chi connectivity index (χ0v) is 13.2. The van der Waals surface area contributed by atoms with Gasteiger partial charge in [0.05, 0.1) is 12.8 Å². The lowest BCUT2D eigenvalue weighted by atomic mass is 9.81. The van der Waals surface area contributed by atoms with Gasteiger partial charge < -0.3 is 14.4 Å². The number of rotatable bonds is 6. The maximum Gasteiger partial charge on any atom is 0.248 e. The molecule has 1 saturated heterocycles. The standard InChI is InChI=1S/C17H24N2O3/c1-2-21-11-16(20)19-10-14-5-3-7-17(14,12-19)13-22-15-6-4-8-18-9-15/h4,6,8-9,14H,2-3,5,7,10-13H2,1H3/t14-,17+/m0/s1. The maximum atomic E-state index is 12.2. The number of ether oxygens (including phenoxy) is 2. The summed E-state index contributed by atoms with van der Waals surface area (Å²) >= 11 is 0. The third-order valence-corrected chi connectivity index (χ3v) is 4.98. The number of nitrogens with zero attached hydrogens (tertiary/aromatic N) is 2. The SMILES string of the molecule is CCOCC(=O)N1C[C@@H]2CCC[C@]2(COc2cccnc2)C1. The fourth-order valence-corrected chi connectivity index (χ4v) is 3.78. The molecule has 0 spiro atoms. The topological polar surface area (TPSA) is 51.7 Å². The molecule has 1 aromatic heterocycles. The van der Waals surface area contributed by atoms with Crippen molar-refractivity contribution in [3.05, 3.63) is 24.5 Å². The van der Waals surface area contributed by atoms with E-state index in [1.807, 2.05) is 24.0 Å². The van der Waals surface area contributed by atoms with Crippen molar-refractivity contribution in [3.63, 3.8) is 0 Å². The second-order valence-corrected chi connectivity index (χ2v) is 6.34. The Bertz CT molecular complexity index is 508. The molecule has 5 heteroatoms. The minimum atomic E-state index is 0.108. The summed E-state index contributed by atoms with van der Waals surface area (Å²) in [5.74, 6) is 1.47. The average Bonchev–Trinajstić information content (AvgIpc) is 3.09. The summed E-state index contributed by atoms with van der Waals surface area (Å²) in [6, 6.07) is 3.81. The fraction of sp³-hybridized carbons (Fsp3) is 0.647. The first kappa shape index (κ1) is 15.3. The van der Waals surface area contributed by atoms with Crippen molar-refractivity contribution in [1.29, 1.82) is 0 Å². The molecule has 1 aliphatic heterocycles. The van der Waals surface area contributed by atoms with Crippen LogP contribution in [0.1, 0.15) is 26.2 Å². The summed E-state index contributed by atoms with van der Waals surface area (Å²) in [7, 11) is 0. The van der Waals surface area contributed by atoms with E-state index in [0.717, 1.165) is 25.3 Å². The van der Waals surface area contributed by atoms with E-state index in [2.05, 4.69) is 4.98 Å². The number of aromatic nitrogens is 1. The molecule has 2 atom stereocenters. The summed E-state index contributed by atoms with van der Waals surface area (Å²) in [5, 5.41) is 0. The quantitative estimate of drug-likeness (QED) is 0.808. The predicted octanol–water partition coefficient (Wildman–Crippen LogP) is 2.13. The Morgan fingerprint density at radius 2 is 2.45 bits per heavy atom. The van der Waals surface area contributed by atoms with Crippen LogP contribution in [0.2, 0.25) is 0 Å². The highest BCUT2D eigenvalue weighted by Crippen LogP contribution is 2.48. The summed E-state index contributed by atoms with van der Waals surface area (Å²) in [4.78, 5) is 18.3. The molecular formula is C17H24N2O3. The molecule has 2 aliphatic rings. The van der Waals surface area contributed by atoms with Crippen LogP contribution in [-0.4, -0.2) is 48.7 Å². The highest BCUT2D eigenvalue weighted by atomic mass is 16.5. The van der Waals surface area contributed by atoms with Crippen LogP contribution in [0.3, 0.4) is 0 Å². The first-order valence-corrected chi connectivity index (χ1v) is 8.12. The molecule has 0 radical (unpaired) electrons. The number of fused-ring (bicyclic) bond motifs is 1. The lowest BCUT2D eigenvalue weighted by Crippen LogP contribution is -2.37. The number of hydrogen-bond acceptors (Lipinski definition) is 4. The summed E-state index contributed by atoms with van der Waals surface area (Å²) in [6.45, 7) is 5.00. The van der Waals surface area contributed by atoms with Gasteiger partial charge in [-0.15, -0.1) is 0 Å². The van der Waals surface area contributed by atoms with Crippen LogP contribution in [-0.2, 0) is 9.53 Å². The Labute approximate surface area is 131 Å². The van der Waals surface area contributed by atoms with Crippen LogP contribution in [0.4, 0.5) is 0 Å². The van der Waals surface area contributed by atoms with Crippen molar-refractivity contribution >= 4 is 5.91 Å². The van der Waals surface area contributed by atoms with E-state index in [1.54, 1.807) is 12.4 Å². The van der Waals surface area contributed by atoms with Gasteiger partial charge in [0.25, 0.3) is 0 Å². The van der Waals surface area contributed by atoms with Crippen LogP contribution in [0.15, 0.2) is 24.5 Å². The highest BCUT2D eigenvalue weighted by molar-refractivity contribution is 5.78. The number of likely N-dealkylation sites (tertiary alicyclic amines) is 1. The molecule has 22 heavy (non-hydrogen) atoms. The zero-order chi connectivity index (χ0) is 15.4. The normalized spacial score (nSPS) is 27.0. The first-order valence-electron chi connectivity index (χ1n) is 8.12. The molecule has 0 bridgehead atoms. The number of hydrogen-bond donors (Lipinski definition) is 0. The minimum absolute atomic E-state index is 0.108. The largest absolute Gasteiger partial charge is 0.491 e. The van der Waals surface area contributed by atoms with Crippen molar-refractivity contribution in [2.24, 2.45) is 11.3 Å². The first-order chi connectivity index (χ1) is 10.7. The van der Waals surface area contributed by atoms with Crippen LogP contribution >= 0.6 is 0 Å². The molecule has 2 heterocycles. The Morgan fingerprint density at radius 1 is 1.55 bits per heavy atom. The fourth-order valence-electron chi connectivity index (χ4n) is 3.78. The van der Waals surface area contributed by atoms with Crippen molar-refractivity contribution in [3.8, 4) is 5.75 Å². The molecule has 0 N–H and O–H groups in total. The number of carbonyl (C=O) groups is 1. The molecule has 5 nitrogen and oxygen atoms in total. The van der Waals surface area contributed by atoms with E-state index < -0.39 is 0 Å². The van der Waals surface area contributed by atoms with Crippen molar-refractivity contribution in [2.45, 2.75) is 26.2 Å². The second-order valence-electron chi connectivity index (χ2n) is 6.34. The predicted molar refractivity (Wildman–Crippen MR) is 82.6 cm³/mol. The lowest BCUT2D eigenvalue weighted by Gasteiger charge is -2.28. The van der Waals surface area contributed by atoms with Gasteiger partial charge in [-0.2, -0.15) is 0 Å². The van der Waals surface area contributed by atoms with E-state index in [4.69, 9.17) is 9.47 Å². The molecule has 2 fully saturated rings. The monoisotopic (exact) mass is 304 g/mol. The zero-order valence-electron chi connectivity index (χ0n) is 13.2. The second kappa shape index (κ2) is 6.65. The minimum Gasteiger partial charge on any atom is -0.491 e. The van der Waals surface area contributed by atoms with Crippen LogP contribution in [0, 0.1) is 11.3 Å². The van der Waals surface area contributed by atoms with E-state index >= 15 is 0 Å². The molecular weight excluding hydrogens is 280 g/mol. The molecule has 120 valence electrons. The third-order valence-electron chi connectivity index (χ3n) is 4.98. The number of amides is 1. The average molecular weight is 304 g/mol.